The molecule has 3 atom stereocenters. The highest BCUT2D eigenvalue weighted by Crippen LogP contribution is 2.41. The highest BCUT2D eigenvalue weighted by Gasteiger charge is 2.33. The molecule has 1 aromatic heterocycles. The van der Waals surface area contributed by atoms with Crippen LogP contribution in [0.3, 0.4) is 0 Å². The molecule has 0 spiro atoms. The zero-order chi connectivity index (χ0) is 38.0. The summed E-state index contributed by atoms with van der Waals surface area (Å²) in [4.78, 5) is 30.3. The number of para-hydroxylation sites is 2. The Morgan fingerprint density at radius 2 is 1.45 bits per heavy atom. The molecule has 1 fully saturated rings. The second-order valence-corrected chi connectivity index (χ2v) is 14.2. The Kier molecular flexibility index (Phi) is 12.4. The van der Waals surface area contributed by atoms with Crippen LogP contribution in [0, 0.1) is 0 Å². The first kappa shape index (κ1) is 37.6. The van der Waals surface area contributed by atoms with Gasteiger partial charge in [0.25, 0.3) is 5.22 Å². The fourth-order valence-electron chi connectivity index (χ4n) is 6.35. The third-order valence-corrected chi connectivity index (χ3v) is 10.1. The Hall–Kier alpha value is -5.72. The summed E-state index contributed by atoms with van der Waals surface area (Å²) in [5.74, 6) is 0.848. The van der Waals surface area contributed by atoms with E-state index in [0.717, 1.165) is 33.5 Å². The van der Waals surface area contributed by atoms with Gasteiger partial charge in [-0.2, -0.15) is 0 Å². The molecular weight excluding hydrogens is 713 g/mol. The first-order valence-corrected chi connectivity index (χ1v) is 19.2. The average Bonchev–Trinajstić information content (AvgIpc) is 3.66. The van der Waals surface area contributed by atoms with E-state index in [0.29, 0.717) is 46.6 Å². The van der Waals surface area contributed by atoms with Gasteiger partial charge < -0.3 is 35.4 Å². The third-order valence-electron chi connectivity index (χ3n) is 9.18. The van der Waals surface area contributed by atoms with Crippen molar-refractivity contribution in [3.63, 3.8) is 0 Å². The van der Waals surface area contributed by atoms with Crippen molar-refractivity contribution < 1.29 is 28.6 Å². The van der Waals surface area contributed by atoms with Crippen molar-refractivity contribution in [2.24, 2.45) is 0 Å². The van der Waals surface area contributed by atoms with Crippen LogP contribution >= 0.6 is 11.8 Å². The maximum absolute atomic E-state index is 12.9. The van der Waals surface area contributed by atoms with Crippen LogP contribution in [-0.2, 0) is 25.7 Å². The number of ether oxygens (including phenoxy) is 2. The molecule has 280 valence electrons. The first-order valence-electron chi connectivity index (χ1n) is 18.2. The SMILES string of the molecule is Nc1ccccc1NC(=O)CCCC(=O)Nc1cccc(C2OC(CSc3nc(-c4ccccc4)c(-c4ccccc4)o3)CC(c3ccc(CO)cc3)O2)c1. The predicted octanol–water partition coefficient (Wildman–Crippen LogP) is 9.17. The zero-order valence-corrected chi connectivity index (χ0v) is 30.9. The van der Waals surface area contributed by atoms with Crippen molar-refractivity contribution in [1.29, 1.82) is 0 Å². The zero-order valence-electron chi connectivity index (χ0n) is 30.1. The van der Waals surface area contributed by atoms with E-state index in [1.54, 1.807) is 24.3 Å². The summed E-state index contributed by atoms with van der Waals surface area (Å²) in [6.45, 7) is -0.0442. The normalized spacial score (nSPS) is 16.7. The molecule has 2 heterocycles. The fraction of sp³-hybridized carbons (Fsp3) is 0.205. The number of aliphatic hydroxyl groups excluding tert-OH is 1. The van der Waals surface area contributed by atoms with Gasteiger partial charge in [-0.05, 0) is 41.8 Å². The molecule has 3 unspecified atom stereocenters. The van der Waals surface area contributed by atoms with Crippen molar-refractivity contribution in [2.75, 3.05) is 22.1 Å². The summed E-state index contributed by atoms with van der Waals surface area (Å²) in [7, 11) is 0. The topological polar surface area (TPSA) is 149 Å². The van der Waals surface area contributed by atoms with E-state index >= 15 is 0 Å². The van der Waals surface area contributed by atoms with Crippen LogP contribution in [0.15, 0.2) is 143 Å². The van der Waals surface area contributed by atoms with Crippen LogP contribution in [-0.4, -0.2) is 33.8 Å². The number of hydrogen-bond donors (Lipinski definition) is 4. The second-order valence-electron chi connectivity index (χ2n) is 13.2. The molecule has 5 N–H and O–H groups in total. The summed E-state index contributed by atoms with van der Waals surface area (Å²) in [5, 5.41) is 15.9. The van der Waals surface area contributed by atoms with Gasteiger partial charge in [0.1, 0.15) is 5.69 Å². The lowest BCUT2D eigenvalue weighted by molar-refractivity contribution is -0.245. The number of oxazole rings is 1. The van der Waals surface area contributed by atoms with Crippen LogP contribution < -0.4 is 16.4 Å². The number of nitrogens with zero attached hydrogens (tertiary/aromatic N) is 1. The third kappa shape index (κ3) is 9.88. The van der Waals surface area contributed by atoms with Gasteiger partial charge in [-0.3, -0.25) is 9.59 Å². The Morgan fingerprint density at radius 1 is 0.764 bits per heavy atom. The number of nitrogens with one attached hydrogen (secondary N) is 2. The van der Waals surface area contributed by atoms with E-state index < -0.39 is 6.29 Å². The molecular formula is C44H42N4O6S. The van der Waals surface area contributed by atoms with Crippen LogP contribution in [0.25, 0.3) is 22.6 Å². The molecule has 2 amide bonds. The summed E-state index contributed by atoms with van der Waals surface area (Å²) in [5.41, 5.74) is 12.8. The van der Waals surface area contributed by atoms with Crippen LogP contribution in [0.4, 0.5) is 17.1 Å². The van der Waals surface area contributed by atoms with Gasteiger partial charge in [0.05, 0.1) is 30.2 Å². The van der Waals surface area contributed by atoms with E-state index in [2.05, 4.69) is 10.6 Å². The van der Waals surface area contributed by atoms with Gasteiger partial charge >= 0.3 is 0 Å². The average molecular weight is 755 g/mol. The molecule has 5 aromatic carbocycles. The molecule has 0 saturated carbocycles. The Balaban J connectivity index is 1.03. The highest BCUT2D eigenvalue weighted by molar-refractivity contribution is 7.99. The number of aliphatic hydroxyl groups is 1. The van der Waals surface area contributed by atoms with Gasteiger partial charge in [-0.1, -0.05) is 121 Å². The lowest BCUT2D eigenvalue weighted by Gasteiger charge is -2.36. The molecule has 7 rings (SSSR count). The van der Waals surface area contributed by atoms with Crippen LogP contribution in [0.5, 0.6) is 0 Å². The lowest BCUT2D eigenvalue weighted by Crippen LogP contribution is -2.31. The minimum absolute atomic E-state index is 0.0442. The van der Waals surface area contributed by atoms with Crippen molar-refractivity contribution in [3.05, 3.63) is 150 Å². The van der Waals surface area contributed by atoms with Gasteiger partial charge in [-0.25, -0.2) is 4.98 Å². The lowest BCUT2D eigenvalue weighted by atomic mass is 10.0. The minimum atomic E-state index is -0.725. The fourth-order valence-corrected chi connectivity index (χ4v) is 7.19. The van der Waals surface area contributed by atoms with Crippen molar-refractivity contribution in [3.8, 4) is 22.6 Å². The van der Waals surface area contributed by atoms with E-state index in [1.165, 1.54) is 11.8 Å². The van der Waals surface area contributed by atoms with E-state index in [1.807, 2.05) is 109 Å². The number of carbonyl (C=O) groups is 2. The Labute approximate surface area is 324 Å². The quantitative estimate of drug-likeness (QED) is 0.0631. The molecule has 1 aliphatic heterocycles. The van der Waals surface area contributed by atoms with Crippen molar-refractivity contribution >= 4 is 40.6 Å². The summed E-state index contributed by atoms with van der Waals surface area (Å²) < 4.78 is 19.5. The van der Waals surface area contributed by atoms with Gasteiger partial charge in [0.2, 0.25) is 11.8 Å². The molecule has 1 aliphatic rings. The predicted molar refractivity (Wildman–Crippen MR) is 215 cm³/mol. The molecule has 0 bridgehead atoms. The highest BCUT2D eigenvalue weighted by atomic mass is 32.2. The number of benzene rings is 5. The maximum atomic E-state index is 12.9. The van der Waals surface area contributed by atoms with Gasteiger partial charge in [-0.15, -0.1) is 0 Å². The molecule has 1 saturated heterocycles. The minimum Gasteiger partial charge on any atom is -0.431 e. The van der Waals surface area contributed by atoms with Crippen molar-refractivity contribution in [1.82, 2.24) is 4.98 Å². The van der Waals surface area contributed by atoms with E-state index in [4.69, 9.17) is 24.6 Å². The van der Waals surface area contributed by atoms with E-state index in [-0.39, 0.29) is 43.5 Å². The summed E-state index contributed by atoms with van der Waals surface area (Å²) >= 11 is 1.49. The number of thioether (sulfide) groups is 1. The standard InChI is InChI=1S/C44H42N4O6S/c45-36-17-7-8-18-37(36)47-40(51)20-10-19-39(50)46-34-16-9-15-33(25-34)43-52-35(26-38(53-43)30-23-21-29(27-49)22-24-30)28-55-44-48-41(31-11-3-1-4-12-31)42(54-44)32-13-5-2-6-14-32/h1-9,11-18,21-25,35,38,43,49H,10,19-20,26-28,45H2,(H,46,50)(H,47,51). The number of carbonyl (C=O) groups excluding carboxylic acids is 2. The smallest absolute Gasteiger partial charge is 0.256 e. The molecule has 0 radical (unpaired) electrons. The number of rotatable bonds is 14. The number of nitrogens with two attached hydrogens (primary N) is 1. The number of anilines is 3. The summed E-state index contributed by atoms with van der Waals surface area (Å²) in [6, 6.07) is 42.2. The number of amides is 2. The van der Waals surface area contributed by atoms with Gasteiger partial charge in [0.15, 0.2) is 12.1 Å². The van der Waals surface area contributed by atoms with Crippen LogP contribution in [0.1, 0.15) is 54.8 Å². The molecule has 11 heteroatoms. The summed E-state index contributed by atoms with van der Waals surface area (Å²) in [6.07, 6.45) is 0.0473. The molecule has 10 nitrogen and oxygen atoms in total. The van der Waals surface area contributed by atoms with Gasteiger partial charge in [0, 0.05) is 47.4 Å². The number of aromatic nitrogens is 1. The Bertz CT molecular complexity index is 2140. The second kappa shape index (κ2) is 18.1. The number of hydrogen-bond acceptors (Lipinski definition) is 9. The van der Waals surface area contributed by atoms with Crippen LogP contribution in [0.2, 0.25) is 0 Å². The monoisotopic (exact) mass is 754 g/mol. The maximum Gasteiger partial charge on any atom is 0.256 e. The Morgan fingerprint density at radius 3 is 2.18 bits per heavy atom. The molecule has 6 aromatic rings. The van der Waals surface area contributed by atoms with E-state index in [9.17, 15) is 14.7 Å². The number of nitrogen functional groups attached to an aromatic ring is 1. The first-order chi connectivity index (χ1) is 26.9. The van der Waals surface area contributed by atoms with Crippen molar-refractivity contribution in [2.45, 2.75) is 56.0 Å². The molecule has 55 heavy (non-hydrogen) atoms. The molecule has 0 aliphatic carbocycles. The largest absolute Gasteiger partial charge is 0.431 e.